The monoisotopic (exact) mass is 539 g/mol. The molecule has 1 aliphatic heterocycles. The average Bonchev–Trinajstić information content (AvgIpc) is 3.28. The zero-order valence-corrected chi connectivity index (χ0v) is 19.5. The predicted octanol–water partition coefficient (Wildman–Crippen LogP) is 4.44. The number of hydrazine groups is 1. The van der Waals surface area contributed by atoms with Crippen LogP contribution in [0.15, 0.2) is 54.9 Å². The van der Waals surface area contributed by atoms with Crippen molar-refractivity contribution in [3.63, 3.8) is 0 Å². The summed E-state index contributed by atoms with van der Waals surface area (Å²) in [5.41, 5.74) is 8.28. The second-order valence-electron chi connectivity index (χ2n) is 7.59. The van der Waals surface area contributed by atoms with Crippen molar-refractivity contribution in [2.75, 3.05) is 18.4 Å². The van der Waals surface area contributed by atoms with Gasteiger partial charge in [-0.05, 0) is 54.8 Å². The number of fused-ring (bicyclic) bond motifs is 1. The number of halogens is 1. The Morgan fingerprint density at radius 3 is 2.81 bits per heavy atom. The molecule has 8 nitrogen and oxygen atoms in total. The molecule has 0 unspecified atom stereocenters. The molecule has 0 atom stereocenters. The number of nitrogens with zero attached hydrogens (tertiary/aromatic N) is 4. The number of rotatable bonds is 5. The summed E-state index contributed by atoms with van der Waals surface area (Å²) in [5, 5.41) is 5.99. The number of H-pyrrole nitrogens is 1. The third-order valence-corrected chi connectivity index (χ3v) is 6.20. The molecule has 0 saturated carbocycles. The fourth-order valence-electron chi connectivity index (χ4n) is 3.82. The summed E-state index contributed by atoms with van der Waals surface area (Å²) in [6, 6.07) is 13.6. The Morgan fingerprint density at radius 1 is 1.09 bits per heavy atom. The Labute approximate surface area is 199 Å². The van der Waals surface area contributed by atoms with Gasteiger partial charge in [-0.25, -0.2) is 15.4 Å². The Bertz CT molecular complexity index is 1250. The van der Waals surface area contributed by atoms with Gasteiger partial charge in [-0.3, -0.25) is 14.8 Å². The smallest absolute Gasteiger partial charge is 0.284 e. The number of hydrogen-bond acceptors (Lipinski definition) is 6. The third-order valence-electron chi connectivity index (χ3n) is 5.38. The summed E-state index contributed by atoms with van der Waals surface area (Å²) in [5.74, 6) is 0.470. The predicted molar refractivity (Wildman–Crippen MR) is 133 cm³/mol. The lowest BCUT2D eigenvalue weighted by Crippen LogP contribution is -2.47. The molecule has 3 aromatic heterocycles. The van der Waals surface area contributed by atoms with Crippen LogP contribution in [0.3, 0.4) is 0 Å². The lowest BCUT2D eigenvalue weighted by molar-refractivity contribution is 0.0605. The molecule has 3 N–H and O–H groups in total. The van der Waals surface area contributed by atoms with Crippen LogP contribution in [0.2, 0.25) is 0 Å². The Morgan fingerprint density at radius 2 is 2.03 bits per heavy atom. The number of carbonyl (C=O) groups excluding carboxylic acids is 1. The second kappa shape index (κ2) is 9.21. The van der Waals surface area contributed by atoms with Crippen molar-refractivity contribution < 1.29 is 4.79 Å². The van der Waals surface area contributed by atoms with Crippen LogP contribution in [0.4, 0.5) is 11.6 Å². The number of aromatic nitrogens is 4. The SMILES string of the molecule is O=C(c1cc2cc(Nc3nccc(-c4ccccn4)n3)cc(CI)c2[nH]1)N1CCCCN1. The van der Waals surface area contributed by atoms with Crippen molar-refractivity contribution in [1.29, 1.82) is 0 Å². The summed E-state index contributed by atoms with van der Waals surface area (Å²) >= 11 is 2.34. The molecule has 0 bridgehead atoms. The molecule has 162 valence electrons. The van der Waals surface area contributed by atoms with E-state index in [2.05, 4.69) is 59.3 Å². The number of benzene rings is 1. The molecule has 4 aromatic rings. The molecular weight excluding hydrogens is 517 g/mol. The van der Waals surface area contributed by atoms with E-state index >= 15 is 0 Å². The Kier molecular flexibility index (Phi) is 5.99. The number of nitrogens with one attached hydrogen (secondary N) is 3. The summed E-state index contributed by atoms with van der Waals surface area (Å²) in [4.78, 5) is 29.6. The number of pyridine rings is 1. The van der Waals surface area contributed by atoms with Crippen LogP contribution in [-0.2, 0) is 4.43 Å². The molecule has 1 aromatic carbocycles. The highest BCUT2D eigenvalue weighted by Crippen LogP contribution is 2.28. The van der Waals surface area contributed by atoms with Gasteiger partial charge < -0.3 is 10.3 Å². The van der Waals surface area contributed by atoms with E-state index < -0.39 is 0 Å². The van der Waals surface area contributed by atoms with E-state index in [-0.39, 0.29) is 5.91 Å². The maximum Gasteiger partial charge on any atom is 0.284 e. The molecule has 0 radical (unpaired) electrons. The van der Waals surface area contributed by atoms with E-state index in [0.29, 0.717) is 11.6 Å². The van der Waals surface area contributed by atoms with Crippen molar-refractivity contribution in [2.45, 2.75) is 17.3 Å². The zero-order chi connectivity index (χ0) is 21.9. The minimum Gasteiger partial charge on any atom is -0.350 e. The van der Waals surface area contributed by atoms with Gasteiger partial charge in [0.1, 0.15) is 5.69 Å². The summed E-state index contributed by atoms with van der Waals surface area (Å²) in [7, 11) is 0. The van der Waals surface area contributed by atoms with E-state index in [1.54, 1.807) is 17.4 Å². The van der Waals surface area contributed by atoms with Crippen molar-refractivity contribution in [3.05, 3.63) is 66.1 Å². The van der Waals surface area contributed by atoms with Gasteiger partial charge in [-0.1, -0.05) is 28.7 Å². The van der Waals surface area contributed by atoms with Crippen LogP contribution in [0.1, 0.15) is 28.9 Å². The molecule has 1 aliphatic rings. The maximum absolute atomic E-state index is 12.9. The van der Waals surface area contributed by atoms with Gasteiger partial charge >= 0.3 is 0 Å². The van der Waals surface area contributed by atoms with Gasteiger partial charge in [0.05, 0.1) is 16.9 Å². The molecule has 1 amide bonds. The lowest BCUT2D eigenvalue weighted by atomic mass is 10.1. The van der Waals surface area contributed by atoms with Gasteiger partial charge in [-0.15, -0.1) is 0 Å². The van der Waals surface area contributed by atoms with E-state index in [4.69, 9.17) is 0 Å². The number of aromatic amines is 1. The van der Waals surface area contributed by atoms with Crippen LogP contribution >= 0.6 is 22.6 Å². The van der Waals surface area contributed by atoms with Crippen LogP contribution in [0, 0.1) is 0 Å². The van der Waals surface area contributed by atoms with Crippen LogP contribution in [0.5, 0.6) is 0 Å². The van der Waals surface area contributed by atoms with Gasteiger partial charge in [0.15, 0.2) is 0 Å². The first-order valence-corrected chi connectivity index (χ1v) is 12.0. The van der Waals surface area contributed by atoms with Gasteiger partial charge in [-0.2, -0.15) is 0 Å². The molecular formula is C23H22IN7O. The number of carbonyl (C=O) groups is 1. The largest absolute Gasteiger partial charge is 0.350 e. The number of hydrogen-bond donors (Lipinski definition) is 3. The van der Waals surface area contributed by atoms with Gasteiger partial charge in [0, 0.05) is 41.0 Å². The van der Waals surface area contributed by atoms with Crippen LogP contribution in [0.25, 0.3) is 22.3 Å². The second-order valence-corrected chi connectivity index (χ2v) is 8.36. The molecule has 5 rings (SSSR count). The lowest BCUT2D eigenvalue weighted by Gasteiger charge is -2.27. The first kappa shape index (κ1) is 20.8. The molecule has 1 saturated heterocycles. The minimum atomic E-state index is -0.0267. The quantitative estimate of drug-likeness (QED) is 0.256. The van der Waals surface area contributed by atoms with Gasteiger partial charge in [0.2, 0.25) is 5.95 Å². The molecule has 0 aliphatic carbocycles. The van der Waals surface area contributed by atoms with Crippen molar-refractivity contribution in [3.8, 4) is 11.4 Å². The highest BCUT2D eigenvalue weighted by molar-refractivity contribution is 14.1. The molecule has 32 heavy (non-hydrogen) atoms. The number of amides is 1. The highest BCUT2D eigenvalue weighted by Gasteiger charge is 2.20. The fourth-order valence-corrected chi connectivity index (χ4v) is 4.43. The van der Waals surface area contributed by atoms with Crippen molar-refractivity contribution in [2.24, 2.45) is 0 Å². The topological polar surface area (TPSA) is 98.8 Å². The first-order chi connectivity index (χ1) is 15.7. The molecule has 1 fully saturated rings. The molecule has 0 spiro atoms. The Balaban J connectivity index is 1.44. The standard InChI is InChI=1S/C23H22IN7O/c24-14-16-12-17(28-23-26-9-6-19(30-23)18-5-1-2-7-25-18)11-15-13-20(29-21(15)16)22(32)31-10-4-3-8-27-31/h1-2,5-7,9,11-13,27,29H,3-4,8,10,14H2,(H,26,28,30). The average molecular weight is 539 g/mol. The van der Waals surface area contributed by atoms with Crippen molar-refractivity contribution >= 4 is 51.0 Å². The van der Waals surface area contributed by atoms with E-state index in [1.807, 2.05) is 36.4 Å². The van der Waals surface area contributed by atoms with E-state index in [0.717, 1.165) is 63.9 Å². The third kappa shape index (κ3) is 4.30. The maximum atomic E-state index is 12.9. The highest BCUT2D eigenvalue weighted by atomic mass is 127. The number of anilines is 2. The molecule has 9 heteroatoms. The van der Waals surface area contributed by atoms with E-state index in [1.165, 1.54) is 0 Å². The normalized spacial score (nSPS) is 14.0. The van der Waals surface area contributed by atoms with Crippen molar-refractivity contribution in [1.82, 2.24) is 30.4 Å². The summed E-state index contributed by atoms with van der Waals surface area (Å²) in [6.07, 6.45) is 5.57. The van der Waals surface area contributed by atoms with E-state index in [9.17, 15) is 4.79 Å². The summed E-state index contributed by atoms with van der Waals surface area (Å²) in [6.45, 7) is 1.56. The van der Waals surface area contributed by atoms with Crippen LogP contribution < -0.4 is 10.7 Å². The first-order valence-electron chi connectivity index (χ1n) is 10.5. The minimum absolute atomic E-state index is 0.0267. The molecule has 4 heterocycles. The Hall–Kier alpha value is -3.05. The van der Waals surface area contributed by atoms with Crippen LogP contribution in [-0.4, -0.2) is 43.9 Å². The summed E-state index contributed by atoms with van der Waals surface area (Å²) < 4.78 is 0.800. The van der Waals surface area contributed by atoms with Gasteiger partial charge in [0.25, 0.3) is 5.91 Å². The number of alkyl halides is 1. The zero-order valence-electron chi connectivity index (χ0n) is 17.3. The fraction of sp³-hybridized carbons (Fsp3) is 0.217.